The van der Waals surface area contributed by atoms with E-state index in [2.05, 4.69) is 25.5 Å². The van der Waals surface area contributed by atoms with Crippen molar-refractivity contribution >= 4 is 16.7 Å². The van der Waals surface area contributed by atoms with Crippen molar-refractivity contribution < 1.29 is 9.15 Å². The second kappa shape index (κ2) is 8.23. The Kier molecular flexibility index (Phi) is 4.98. The lowest BCUT2D eigenvalue weighted by atomic mass is 10.2. The first-order chi connectivity index (χ1) is 15.3. The van der Waals surface area contributed by atoms with Crippen molar-refractivity contribution in [2.45, 2.75) is 6.54 Å². The summed E-state index contributed by atoms with van der Waals surface area (Å²) in [6, 6.07) is 25.3. The normalized spacial score (nSPS) is 10.9. The highest BCUT2D eigenvalue weighted by atomic mass is 16.5. The van der Waals surface area contributed by atoms with Crippen molar-refractivity contribution in [3.8, 4) is 28.9 Å². The summed E-state index contributed by atoms with van der Waals surface area (Å²) in [7, 11) is 1.66. The van der Waals surface area contributed by atoms with Gasteiger partial charge in [0, 0.05) is 17.5 Å². The Morgan fingerprint density at radius 2 is 1.55 bits per heavy atom. The minimum atomic E-state index is 0.275. The maximum atomic E-state index is 5.86. The number of para-hydroxylation sites is 1. The zero-order chi connectivity index (χ0) is 21.0. The lowest BCUT2D eigenvalue weighted by molar-refractivity contribution is 0.414. The summed E-state index contributed by atoms with van der Waals surface area (Å²) in [6.45, 7) is 0.601. The Hall–Kier alpha value is -4.26. The average Bonchev–Trinajstić information content (AvgIpc) is 3.34. The number of fused-ring (bicyclic) bond motifs is 1. The lowest BCUT2D eigenvalue weighted by Crippen LogP contribution is -2.04. The molecule has 0 aliphatic carbocycles. The minimum absolute atomic E-state index is 0.275. The molecule has 0 aliphatic heterocycles. The molecule has 0 radical (unpaired) electrons. The molecule has 0 amide bonds. The number of benzene rings is 3. The monoisotopic (exact) mass is 409 g/mol. The number of hydrogen-bond donors (Lipinski definition) is 1. The van der Waals surface area contributed by atoms with Crippen LogP contribution < -0.4 is 10.1 Å². The number of nitrogens with zero attached hydrogens (tertiary/aromatic N) is 4. The molecule has 31 heavy (non-hydrogen) atoms. The van der Waals surface area contributed by atoms with Gasteiger partial charge in [-0.25, -0.2) is 9.97 Å². The Balaban J connectivity index is 1.48. The number of rotatable bonds is 6. The van der Waals surface area contributed by atoms with Gasteiger partial charge >= 0.3 is 0 Å². The van der Waals surface area contributed by atoms with Crippen LogP contribution in [0.2, 0.25) is 0 Å². The van der Waals surface area contributed by atoms with Crippen LogP contribution in [0.5, 0.6) is 5.75 Å². The second-order valence-corrected chi connectivity index (χ2v) is 6.89. The number of hydrogen-bond acceptors (Lipinski definition) is 7. The third-order valence-electron chi connectivity index (χ3n) is 4.86. The largest absolute Gasteiger partial charge is 0.497 e. The number of methoxy groups -OCH3 is 1. The molecule has 0 saturated carbocycles. The molecular formula is C24H19N5O2. The third-order valence-corrected chi connectivity index (χ3v) is 4.86. The third kappa shape index (κ3) is 3.93. The van der Waals surface area contributed by atoms with E-state index in [-0.39, 0.29) is 5.89 Å². The highest BCUT2D eigenvalue weighted by molar-refractivity contribution is 5.90. The number of anilines is 1. The fourth-order valence-electron chi connectivity index (χ4n) is 3.25. The zero-order valence-electron chi connectivity index (χ0n) is 16.8. The van der Waals surface area contributed by atoms with Crippen molar-refractivity contribution in [2.75, 3.05) is 12.4 Å². The van der Waals surface area contributed by atoms with Crippen LogP contribution >= 0.6 is 0 Å². The van der Waals surface area contributed by atoms with E-state index in [1.54, 1.807) is 7.11 Å². The van der Waals surface area contributed by atoms with Gasteiger partial charge in [-0.3, -0.25) is 0 Å². The summed E-state index contributed by atoms with van der Waals surface area (Å²) in [5, 5.41) is 12.6. The first kappa shape index (κ1) is 18.7. The quantitative estimate of drug-likeness (QED) is 0.424. The van der Waals surface area contributed by atoms with Gasteiger partial charge in [-0.2, -0.15) is 0 Å². The summed E-state index contributed by atoms with van der Waals surface area (Å²) in [5.74, 6) is 2.61. The van der Waals surface area contributed by atoms with E-state index >= 15 is 0 Å². The van der Waals surface area contributed by atoms with E-state index in [0.29, 0.717) is 24.1 Å². The van der Waals surface area contributed by atoms with Gasteiger partial charge in [-0.05, 0) is 42.0 Å². The van der Waals surface area contributed by atoms with E-state index in [4.69, 9.17) is 9.15 Å². The molecule has 0 spiro atoms. The zero-order valence-corrected chi connectivity index (χ0v) is 16.8. The summed E-state index contributed by atoms with van der Waals surface area (Å²) < 4.78 is 11.1. The summed E-state index contributed by atoms with van der Waals surface area (Å²) in [6.07, 6.45) is 0. The molecule has 0 unspecified atom stereocenters. The molecular weight excluding hydrogens is 390 g/mol. The first-order valence-electron chi connectivity index (χ1n) is 9.83. The fourth-order valence-corrected chi connectivity index (χ4v) is 3.25. The van der Waals surface area contributed by atoms with E-state index in [9.17, 15) is 0 Å². The van der Waals surface area contributed by atoms with Crippen molar-refractivity contribution in [1.29, 1.82) is 0 Å². The molecule has 7 heteroatoms. The molecule has 3 aromatic carbocycles. The molecule has 2 heterocycles. The lowest BCUT2D eigenvalue weighted by Gasteiger charge is -2.10. The Bertz CT molecular complexity index is 1320. The summed E-state index contributed by atoms with van der Waals surface area (Å²) >= 11 is 0. The van der Waals surface area contributed by atoms with Gasteiger partial charge in [0.05, 0.1) is 12.6 Å². The first-order valence-corrected chi connectivity index (χ1v) is 9.83. The molecule has 7 nitrogen and oxygen atoms in total. The van der Waals surface area contributed by atoms with Crippen LogP contribution in [0.4, 0.5) is 5.82 Å². The van der Waals surface area contributed by atoms with E-state index < -0.39 is 0 Å². The van der Waals surface area contributed by atoms with Crippen LogP contribution in [0, 0.1) is 0 Å². The van der Waals surface area contributed by atoms with Gasteiger partial charge in [-0.1, -0.05) is 42.5 Å². The molecule has 0 saturated heterocycles. The molecule has 0 fully saturated rings. The van der Waals surface area contributed by atoms with E-state index in [1.165, 1.54) is 0 Å². The van der Waals surface area contributed by atoms with Crippen LogP contribution in [0.3, 0.4) is 0 Å². The van der Waals surface area contributed by atoms with Crippen LogP contribution in [0.25, 0.3) is 34.1 Å². The molecule has 0 aliphatic rings. The van der Waals surface area contributed by atoms with Crippen LogP contribution in [-0.4, -0.2) is 27.3 Å². The minimum Gasteiger partial charge on any atom is -0.497 e. The SMILES string of the molecule is COc1ccc(CNc2nc(-c3nnc(-c4ccccc4)o3)nc3ccccc23)cc1. The van der Waals surface area contributed by atoms with Crippen molar-refractivity contribution in [3.63, 3.8) is 0 Å². The molecule has 2 aromatic heterocycles. The highest BCUT2D eigenvalue weighted by Crippen LogP contribution is 2.27. The number of aromatic nitrogens is 4. The molecule has 5 rings (SSSR count). The van der Waals surface area contributed by atoms with Gasteiger partial charge in [0.2, 0.25) is 11.7 Å². The van der Waals surface area contributed by atoms with Crippen molar-refractivity contribution in [2.24, 2.45) is 0 Å². The predicted octanol–water partition coefficient (Wildman–Crippen LogP) is 4.97. The maximum absolute atomic E-state index is 5.86. The molecule has 0 atom stereocenters. The standard InChI is InChI=1S/C24H19N5O2/c1-30-18-13-11-16(12-14-18)15-25-21-19-9-5-6-10-20(19)26-22(27-21)24-29-28-23(31-24)17-7-3-2-4-8-17/h2-14H,15H2,1H3,(H,25,26,27). The van der Waals surface area contributed by atoms with Crippen LogP contribution in [0.15, 0.2) is 83.3 Å². The van der Waals surface area contributed by atoms with Crippen LogP contribution in [-0.2, 0) is 6.54 Å². The Labute approximate surface area is 178 Å². The Morgan fingerprint density at radius 3 is 2.35 bits per heavy atom. The highest BCUT2D eigenvalue weighted by Gasteiger charge is 2.16. The topological polar surface area (TPSA) is 86.0 Å². The fraction of sp³-hybridized carbons (Fsp3) is 0.0833. The van der Waals surface area contributed by atoms with Gasteiger partial charge in [-0.15, -0.1) is 10.2 Å². The van der Waals surface area contributed by atoms with E-state index in [1.807, 2.05) is 78.9 Å². The summed E-state index contributed by atoms with van der Waals surface area (Å²) in [4.78, 5) is 9.31. The average molecular weight is 409 g/mol. The smallest absolute Gasteiger partial charge is 0.286 e. The molecule has 152 valence electrons. The van der Waals surface area contributed by atoms with E-state index in [0.717, 1.165) is 27.8 Å². The van der Waals surface area contributed by atoms with Gasteiger partial charge in [0.1, 0.15) is 11.6 Å². The number of nitrogens with one attached hydrogen (secondary N) is 1. The molecule has 1 N–H and O–H groups in total. The maximum Gasteiger partial charge on any atom is 0.286 e. The predicted molar refractivity (Wildman–Crippen MR) is 119 cm³/mol. The van der Waals surface area contributed by atoms with Crippen LogP contribution in [0.1, 0.15) is 5.56 Å². The molecule has 5 aromatic rings. The second-order valence-electron chi connectivity index (χ2n) is 6.89. The van der Waals surface area contributed by atoms with Gasteiger partial charge < -0.3 is 14.5 Å². The number of ether oxygens (including phenoxy) is 1. The molecule has 0 bridgehead atoms. The summed E-state index contributed by atoms with van der Waals surface area (Å²) in [5.41, 5.74) is 2.75. The van der Waals surface area contributed by atoms with Gasteiger partial charge in [0.15, 0.2) is 0 Å². The van der Waals surface area contributed by atoms with Gasteiger partial charge in [0.25, 0.3) is 5.89 Å². The van der Waals surface area contributed by atoms with Crippen molar-refractivity contribution in [1.82, 2.24) is 20.2 Å². The Morgan fingerprint density at radius 1 is 0.806 bits per heavy atom. The van der Waals surface area contributed by atoms with Crippen molar-refractivity contribution in [3.05, 3.63) is 84.4 Å².